The van der Waals surface area contributed by atoms with Gasteiger partial charge in [-0.25, -0.2) is 4.79 Å². The molecule has 2 aliphatic rings. The van der Waals surface area contributed by atoms with E-state index < -0.39 is 0 Å². The lowest BCUT2D eigenvalue weighted by Gasteiger charge is -2.38. The van der Waals surface area contributed by atoms with E-state index in [4.69, 9.17) is 4.74 Å². The van der Waals surface area contributed by atoms with Crippen LogP contribution in [0.1, 0.15) is 32.0 Å². The fourth-order valence-electron chi connectivity index (χ4n) is 3.29. The van der Waals surface area contributed by atoms with Gasteiger partial charge in [0.1, 0.15) is 0 Å². The van der Waals surface area contributed by atoms with Crippen LogP contribution in [-0.2, 0) is 4.74 Å². The van der Waals surface area contributed by atoms with Crippen LogP contribution in [0.25, 0.3) is 0 Å². The number of rotatable bonds is 3. The van der Waals surface area contributed by atoms with Crippen LogP contribution in [0.2, 0.25) is 0 Å². The summed E-state index contributed by atoms with van der Waals surface area (Å²) in [5.41, 5.74) is 1.09. The van der Waals surface area contributed by atoms with Gasteiger partial charge in [0, 0.05) is 45.0 Å². The highest BCUT2D eigenvalue weighted by Gasteiger charge is 2.29. The average Bonchev–Trinajstić information content (AvgIpc) is 3.00. The monoisotopic (exact) mass is 318 g/mol. The summed E-state index contributed by atoms with van der Waals surface area (Å²) in [7, 11) is 0. The summed E-state index contributed by atoms with van der Waals surface area (Å²) in [6.45, 7) is 8.20. The number of urea groups is 1. The molecule has 3 atom stereocenters. The Morgan fingerprint density at radius 2 is 2.13 bits per heavy atom. The summed E-state index contributed by atoms with van der Waals surface area (Å²) in [4.78, 5) is 21.1. The van der Waals surface area contributed by atoms with Gasteiger partial charge in [-0.05, 0) is 32.4 Å². The van der Waals surface area contributed by atoms with Crippen molar-refractivity contribution in [2.45, 2.75) is 38.5 Å². The molecule has 0 spiro atoms. The number of amides is 2. The van der Waals surface area contributed by atoms with Crippen molar-refractivity contribution in [1.82, 2.24) is 20.1 Å². The van der Waals surface area contributed by atoms with Gasteiger partial charge in [-0.15, -0.1) is 0 Å². The maximum absolute atomic E-state index is 12.4. The smallest absolute Gasteiger partial charge is 0.317 e. The summed E-state index contributed by atoms with van der Waals surface area (Å²) in [6.07, 6.45) is 2.86. The molecule has 2 aliphatic heterocycles. The largest absolute Gasteiger partial charge is 0.376 e. The van der Waals surface area contributed by atoms with Gasteiger partial charge in [0.05, 0.1) is 17.8 Å². The quantitative estimate of drug-likeness (QED) is 0.921. The summed E-state index contributed by atoms with van der Waals surface area (Å²) in [5, 5.41) is 3.11. The molecule has 6 nitrogen and oxygen atoms in total. The number of hydrogen-bond donors (Lipinski definition) is 1. The van der Waals surface area contributed by atoms with Crippen molar-refractivity contribution in [1.29, 1.82) is 0 Å². The molecule has 6 heteroatoms. The van der Waals surface area contributed by atoms with Crippen molar-refractivity contribution < 1.29 is 9.53 Å². The first-order valence-corrected chi connectivity index (χ1v) is 8.47. The first-order chi connectivity index (χ1) is 11.1. The zero-order chi connectivity index (χ0) is 16.2. The molecule has 1 aromatic heterocycles. The number of aromatic nitrogens is 1. The Kier molecular flexibility index (Phi) is 5.13. The van der Waals surface area contributed by atoms with Crippen LogP contribution in [0.3, 0.4) is 0 Å². The van der Waals surface area contributed by atoms with Crippen molar-refractivity contribution in [2.75, 3.05) is 32.8 Å². The molecule has 3 heterocycles. The van der Waals surface area contributed by atoms with Crippen molar-refractivity contribution in [3.63, 3.8) is 0 Å². The van der Waals surface area contributed by atoms with Crippen LogP contribution in [0.15, 0.2) is 24.4 Å². The number of piperazine rings is 1. The molecule has 0 unspecified atom stereocenters. The predicted molar refractivity (Wildman–Crippen MR) is 88.1 cm³/mol. The van der Waals surface area contributed by atoms with Gasteiger partial charge in [-0.1, -0.05) is 6.07 Å². The first-order valence-electron chi connectivity index (χ1n) is 8.47. The Hall–Kier alpha value is -1.66. The lowest BCUT2D eigenvalue weighted by molar-refractivity contribution is 0.0997. The fourth-order valence-corrected chi connectivity index (χ4v) is 3.29. The second-order valence-corrected chi connectivity index (χ2v) is 6.37. The maximum Gasteiger partial charge on any atom is 0.317 e. The summed E-state index contributed by atoms with van der Waals surface area (Å²) in [5.74, 6) is 0. The predicted octanol–water partition coefficient (Wildman–Crippen LogP) is 1.65. The normalized spacial score (nSPS) is 27.0. The SMILES string of the molecule is C[C@@H]1OCC[C@H]1NC(=O)N1CCN([C@@H](C)c2ccccn2)CC1. The average molecular weight is 318 g/mol. The number of carbonyl (C=O) groups excluding carboxylic acids is 1. The molecule has 0 aliphatic carbocycles. The molecule has 2 amide bonds. The van der Waals surface area contributed by atoms with Crippen LogP contribution >= 0.6 is 0 Å². The van der Waals surface area contributed by atoms with Crippen molar-refractivity contribution in [3.8, 4) is 0 Å². The Labute approximate surface area is 137 Å². The number of nitrogens with one attached hydrogen (secondary N) is 1. The van der Waals surface area contributed by atoms with E-state index in [1.54, 1.807) is 0 Å². The lowest BCUT2D eigenvalue weighted by atomic mass is 10.1. The van der Waals surface area contributed by atoms with Crippen LogP contribution in [-0.4, -0.2) is 65.7 Å². The summed E-state index contributed by atoms with van der Waals surface area (Å²) < 4.78 is 5.50. The van der Waals surface area contributed by atoms with Gasteiger partial charge in [0.25, 0.3) is 0 Å². The second-order valence-electron chi connectivity index (χ2n) is 6.37. The molecular weight excluding hydrogens is 292 g/mol. The van der Waals surface area contributed by atoms with E-state index in [9.17, 15) is 4.79 Å². The first kappa shape index (κ1) is 16.2. The minimum atomic E-state index is 0.0393. The number of nitrogens with zero attached hydrogens (tertiary/aromatic N) is 3. The molecule has 2 saturated heterocycles. The van der Waals surface area contributed by atoms with E-state index in [1.807, 2.05) is 30.2 Å². The molecule has 0 radical (unpaired) electrons. The van der Waals surface area contributed by atoms with E-state index in [2.05, 4.69) is 28.2 Å². The highest BCUT2D eigenvalue weighted by Crippen LogP contribution is 2.20. The zero-order valence-electron chi connectivity index (χ0n) is 13.9. The fraction of sp³-hybridized carbons (Fsp3) is 0.647. The molecule has 1 N–H and O–H groups in total. The summed E-state index contributed by atoms with van der Waals surface area (Å²) >= 11 is 0. The Balaban J connectivity index is 1.49. The highest BCUT2D eigenvalue weighted by atomic mass is 16.5. The molecule has 1 aromatic rings. The highest BCUT2D eigenvalue weighted by molar-refractivity contribution is 5.74. The minimum Gasteiger partial charge on any atom is -0.376 e. The number of pyridine rings is 1. The molecule has 3 rings (SSSR count). The standard InChI is InChI=1S/C17H26N4O2/c1-13(15-5-3-4-7-18-15)20-8-10-21(11-9-20)17(22)19-16-6-12-23-14(16)2/h3-5,7,13-14,16H,6,8-12H2,1-2H3,(H,19,22)/t13-,14-,16+/m0/s1. The van der Waals surface area contributed by atoms with Crippen molar-refractivity contribution in [3.05, 3.63) is 30.1 Å². The van der Waals surface area contributed by atoms with Gasteiger partial charge in [0.2, 0.25) is 0 Å². The third-order valence-electron chi connectivity index (χ3n) is 4.95. The van der Waals surface area contributed by atoms with Gasteiger partial charge >= 0.3 is 6.03 Å². The van der Waals surface area contributed by atoms with E-state index in [-0.39, 0.29) is 24.2 Å². The maximum atomic E-state index is 12.4. The second kappa shape index (κ2) is 7.27. The van der Waals surface area contributed by atoms with Gasteiger partial charge in [-0.2, -0.15) is 0 Å². The molecule has 0 aromatic carbocycles. The van der Waals surface area contributed by atoms with Gasteiger partial charge in [-0.3, -0.25) is 9.88 Å². The van der Waals surface area contributed by atoms with Gasteiger partial charge in [0.15, 0.2) is 0 Å². The third kappa shape index (κ3) is 3.82. The van der Waals surface area contributed by atoms with E-state index in [0.29, 0.717) is 0 Å². The molecule has 23 heavy (non-hydrogen) atoms. The molecule has 126 valence electrons. The molecule has 0 bridgehead atoms. The number of hydrogen-bond acceptors (Lipinski definition) is 4. The Bertz CT molecular complexity index is 517. The third-order valence-corrected chi connectivity index (χ3v) is 4.95. The molecular formula is C17H26N4O2. The Morgan fingerprint density at radius 1 is 1.35 bits per heavy atom. The molecule has 0 saturated carbocycles. The molecule has 2 fully saturated rings. The lowest BCUT2D eigenvalue weighted by Crippen LogP contribution is -2.54. The van der Waals surface area contributed by atoms with Gasteiger partial charge < -0.3 is 15.0 Å². The Morgan fingerprint density at radius 3 is 2.74 bits per heavy atom. The van der Waals surface area contributed by atoms with E-state index in [1.165, 1.54) is 0 Å². The zero-order valence-corrected chi connectivity index (χ0v) is 13.9. The summed E-state index contributed by atoms with van der Waals surface area (Å²) in [6, 6.07) is 6.49. The van der Waals surface area contributed by atoms with Crippen molar-refractivity contribution >= 4 is 6.03 Å². The van der Waals surface area contributed by atoms with E-state index >= 15 is 0 Å². The topological polar surface area (TPSA) is 57.7 Å². The number of carbonyl (C=O) groups is 1. The minimum absolute atomic E-state index is 0.0393. The van der Waals surface area contributed by atoms with Crippen LogP contribution in [0.4, 0.5) is 4.79 Å². The van der Waals surface area contributed by atoms with Crippen LogP contribution < -0.4 is 5.32 Å². The van der Waals surface area contributed by atoms with Crippen LogP contribution in [0.5, 0.6) is 0 Å². The van der Waals surface area contributed by atoms with Crippen LogP contribution in [0, 0.1) is 0 Å². The van der Waals surface area contributed by atoms with Crippen molar-refractivity contribution in [2.24, 2.45) is 0 Å². The number of ether oxygens (including phenoxy) is 1. The van der Waals surface area contributed by atoms with E-state index in [0.717, 1.165) is 44.9 Å².